The third kappa shape index (κ3) is 3.02. The summed E-state index contributed by atoms with van der Waals surface area (Å²) in [5, 5.41) is 42.9. The van der Waals surface area contributed by atoms with E-state index in [0.29, 0.717) is 12.0 Å². The van der Waals surface area contributed by atoms with Crippen molar-refractivity contribution in [2.24, 2.45) is 5.92 Å². The minimum Gasteiger partial charge on any atom is -0.479 e. The van der Waals surface area contributed by atoms with Crippen LogP contribution in [-0.4, -0.2) is 75.8 Å². The van der Waals surface area contributed by atoms with Gasteiger partial charge in [-0.15, -0.1) is 0 Å². The molecule has 2 unspecified atom stereocenters. The second-order valence-corrected chi connectivity index (χ2v) is 9.63. The van der Waals surface area contributed by atoms with Gasteiger partial charge in [0.05, 0.1) is 6.10 Å². The lowest BCUT2D eigenvalue weighted by Crippen LogP contribution is -2.62. The van der Waals surface area contributed by atoms with Gasteiger partial charge in [-0.2, -0.15) is 0 Å². The number of aliphatic carboxylic acids is 1. The van der Waals surface area contributed by atoms with Crippen molar-refractivity contribution in [2.45, 2.75) is 80.4 Å². The zero-order chi connectivity index (χ0) is 22.2. The summed E-state index contributed by atoms with van der Waals surface area (Å²) >= 11 is 0. The number of hydrogen-bond donors (Lipinski definition) is 5. The number of nitrogens with one attached hydrogen (secondary N) is 1. The maximum Gasteiger partial charge on any atom is 0.335 e. The fraction of sp³-hybridized carbons (Fsp3) is 0.682. The molecule has 2 saturated heterocycles. The topological polar surface area (TPSA) is 150 Å². The lowest BCUT2D eigenvalue weighted by Gasteiger charge is -2.56. The number of aliphatic hydroxyl groups is 3. The maximum absolute atomic E-state index is 11.3. The Labute approximate surface area is 184 Å². The number of carboxylic acid groups (broad SMARTS) is 1. The highest BCUT2D eigenvalue weighted by Crippen LogP contribution is 2.60. The first-order valence-corrected chi connectivity index (χ1v) is 11.2. The predicted octanol–water partition coefficient (Wildman–Crippen LogP) is -0.0428. The van der Waals surface area contributed by atoms with Crippen LogP contribution in [0.3, 0.4) is 0 Å². The number of ether oxygens (including phenoxy) is 2. The van der Waals surface area contributed by atoms with Crippen LogP contribution in [0.4, 0.5) is 0 Å². The molecule has 1 aromatic rings. The number of rotatable bonds is 4. The van der Waals surface area contributed by atoms with Crippen molar-refractivity contribution in [3.05, 3.63) is 23.3 Å². The zero-order valence-corrected chi connectivity index (χ0v) is 17.3. The molecule has 1 saturated carbocycles. The van der Waals surface area contributed by atoms with Crippen LogP contribution in [0, 0.1) is 5.92 Å². The van der Waals surface area contributed by atoms with Crippen molar-refractivity contribution in [2.75, 3.05) is 6.54 Å². The second kappa shape index (κ2) is 7.36. The van der Waals surface area contributed by atoms with Crippen molar-refractivity contribution in [3.8, 4) is 11.5 Å². The van der Waals surface area contributed by atoms with Gasteiger partial charge >= 0.3 is 5.97 Å². The van der Waals surface area contributed by atoms with E-state index in [1.54, 1.807) is 0 Å². The predicted molar refractivity (Wildman–Crippen MR) is 106 cm³/mol. The minimum atomic E-state index is -1.77. The van der Waals surface area contributed by atoms with Crippen LogP contribution in [-0.2, 0) is 31.1 Å². The third-order valence-corrected chi connectivity index (χ3v) is 8.02. The summed E-state index contributed by atoms with van der Waals surface area (Å²) in [6.07, 6.45) is -4.32. The first-order chi connectivity index (χ1) is 15.4. The fourth-order valence-corrected chi connectivity index (χ4v) is 6.48. The summed E-state index contributed by atoms with van der Waals surface area (Å²) < 4.78 is 10.8. The molecule has 10 heteroatoms. The van der Waals surface area contributed by atoms with Crippen LogP contribution in [0.5, 0.6) is 11.5 Å². The van der Waals surface area contributed by atoms with Crippen LogP contribution in [0.1, 0.15) is 36.8 Å². The molecule has 5 aliphatic rings. The maximum atomic E-state index is 11.3. The van der Waals surface area contributed by atoms with Crippen LogP contribution >= 0.6 is 0 Å². The molecule has 174 valence electrons. The number of carboxylic acids is 1. The van der Waals surface area contributed by atoms with Gasteiger partial charge in [0, 0.05) is 17.0 Å². The standard InChI is InChI=1S/C22H27NO9/c24-15-16(25)19(20(27)28)30-21(17(15)26)32-31-9-1-2-12-13-7-10-11(3-4-14-18(10)29-14)22(12,8-9)5-6-23-13/h3-4,9,12-13,15-17,19,21,23-26H,1-2,5-8H2,(H,27,28)/t9?,12-,13+,15-,16-,17+,19-,21?,22+/m0/s1. The lowest BCUT2D eigenvalue weighted by atomic mass is 9.52. The molecular weight excluding hydrogens is 422 g/mol. The number of aliphatic hydroxyl groups excluding tert-OH is 3. The van der Waals surface area contributed by atoms with E-state index < -0.39 is 36.7 Å². The minimum absolute atomic E-state index is 0.0674. The Balaban J connectivity index is 1.20. The molecule has 0 aromatic heterocycles. The molecule has 9 atom stereocenters. The van der Waals surface area contributed by atoms with E-state index in [4.69, 9.17) is 19.2 Å². The van der Waals surface area contributed by atoms with E-state index >= 15 is 0 Å². The summed E-state index contributed by atoms with van der Waals surface area (Å²) in [5.41, 5.74) is 2.54. The molecule has 32 heavy (non-hydrogen) atoms. The molecule has 0 spiro atoms. The highest BCUT2D eigenvalue weighted by molar-refractivity contribution is 5.73. The molecule has 1 aromatic carbocycles. The monoisotopic (exact) mass is 449 g/mol. The Bertz CT molecular complexity index is 940. The van der Waals surface area contributed by atoms with Crippen LogP contribution in [0.15, 0.2) is 12.1 Å². The number of benzene rings is 1. The SMILES string of the molecule is O=C(O)[C@H]1OC(OOC2CC[C@H]3[C@H]4Cc5c(ccc6c5O6)[C@@]3(CCN4)C2)[C@H](O)[C@@H](O)[C@@H]1O. The average molecular weight is 449 g/mol. The van der Waals surface area contributed by atoms with Crippen molar-refractivity contribution in [1.29, 1.82) is 0 Å². The number of hydrogen-bond acceptors (Lipinski definition) is 9. The largest absolute Gasteiger partial charge is 0.479 e. The van der Waals surface area contributed by atoms with Crippen molar-refractivity contribution in [1.82, 2.24) is 5.32 Å². The van der Waals surface area contributed by atoms with Gasteiger partial charge in [-0.25, -0.2) is 14.6 Å². The molecule has 3 aliphatic heterocycles. The summed E-state index contributed by atoms with van der Waals surface area (Å²) in [6, 6.07) is 4.61. The fourth-order valence-electron chi connectivity index (χ4n) is 6.48. The molecule has 2 bridgehead atoms. The Morgan fingerprint density at radius 2 is 1.97 bits per heavy atom. The quantitative estimate of drug-likeness (QED) is 0.244. The molecule has 5 N–H and O–H groups in total. The molecule has 0 amide bonds. The Morgan fingerprint density at radius 3 is 2.78 bits per heavy atom. The number of carbonyl (C=O) groups is 1. The van der Waals surface area contributed by atoms with Gasteiger partial charge in [-0.05, 0) is 56.2 Å². The lowest BCUT2D eigenvalue weighted by molar-refractivity contribution is -0.439. The Hall–Kier alpha value is -1.79. The highest BCUT2D eigenvalue weighted by Gasteiger charge is 2.56. The first-order valence-electron chi connectivity index (χ1n) is 11.2. The van der Waals surface area contributed by atoms with Crippen molar-refractivity contribution in [3.63, 3.8) is 0 Å². The normalized spacial score (nSPS) is 44.0. The third-order valence-electron chi connectivity index (χ3n) is 8.02. The van der Waals surface area contributed by atoms with Gasteiger partial charge in [-0.3, -0.25) is 0 Å². The molecule has 0 radical (unpaired) electrons. The van der Waals surface area contributed by atoms with Gasteiger partial charge in [-0.1, -0.05) is 6.07 Å². The van der Waals surface area contributed by atoms with E-state index in [1.807, 2.05) is 6.07 Å². The van der Waals surface area contributed by atoms with E-state index in [0.717, 1.165) is 50.1 Å². The second-order valence-electron chi connectivity index (χ2n) is 9.63. The molecule has 10 nitrogen and oxygen atoms in total. The molecule has 3 heterocycles. The van der Waals surface area contributed by atoms with E-state index in [-0.39, 0.29) is 11.5 Å². The van der Waals surface area contributed by atoms with Gasteiger partial charge in [0.1, 0.15) is 18.3 Å². The van der Waals surface area contributed by atoms with E-state index in [9.17, 15) is 25.2 Å². The summed E-state index contributed by atoms with van der Waals surface area (Å²) in [4.78, 5) is 22.3. The molecule has 3 fully saturated rings. The van der Waals surface area contributed by atoms with Crippen molar-refractivity contribution >= 4 is 5.97 Å². The molecule has 2 aliphatic carbocycles. The summed E-state index contributed by atoms with van der Waals surface area (Å²) in [5.74, 6) is 0.990. The number of piperidine rings is 1. The van der Waals surface area contributed by atoms with Gasteiger partial charge in [0.15, 0.2) is 17.6 Å². The van der Waals surface area contributed by atoms with Crippen LogP contribution in [0.2, 0.25) is 0 Å². The average Bonchev–Trinajstić information content (AvgIpc) is 3.57. The molecular formula is C22H27NO9. The smallest absolute Gasteiger partial charge is 0.335 e. The number of fused-ring (bicyclic) bond motifs is 3. The summed E-state index contributed by atoms with van der Waals surface area (Å²) in [7, 11) is 0. The van der Waals surface area contributed by atoms with Gasteiger partial charge in [0.2, 0.25) is 6.29 Å². The first kappa shape index (κ1) is 20.8. The van der Waals surface area contributed by atoms with Crippen molar-refractivity contribution < 1.29 is 44.5 Å². The Kier molecular flexibility index (Phi) is 4.78. The molecule has 6 rings (SSSR count). The van der Waals surface area contributed by atoms with E-state index in [2.05, 4.69) is 11.4 Å². The van der Waals surface area contributed by atoms with Gasteiger partial charge < -0.3 is 35.2 Å². The summed E-state index contributed by atoms with van der Waals surface area (Å²) in [6.45, 7) is 0.918. The van der Waals surface area contributed by atoms with Crippen LogP contribution < -0.4 is 10.1 Å². The van der Waals surface area contributed by atoms with Gasteiger partial charge in [0.25, 0.3) is 0 Å². The zero-order valence-electron chi connectivity index (χ0n) is 17.3. The van der Waals surface area contributed by atoms with Crippen LogP contribution in [0.25, 0.3) is 0 Å². The van der Waals surface area contributed by atoms with E-state index in [1.165, 1.54) is 11.1 Å². The Morgan fingerprint density at radius 1 is 1.12 bits per heavy atom. The highest BCUT2D eigenvalue weighted by atomic mass is 17.2.